The van der Waals surface area contributed by atoms with Crippen LogP contribution in [-0.4, -0.2) is 21.0 Å². The van der Waals surface area contributed by atoms with Gasteiger partial charge in [0.1, 0.15) is 5.15 Å². The maximum absolute atomic E-state index is 6.61. The van der Waals surface area contributed by atoms with Crippen LogP contribution < -0.4 is 5.32 Å². The number of aryl methyl sites for hydroxylation is 4. The molecule has 0 unspecified atom stereocenters. The van der Waals surface area contributed by atoms with Crippen molar-refractivity contribution in [3.63, 3.8) is 0 Å². The lowest BCUT2D eigenvalue weighted by molar-refractivity contribution is 0.409. The largest absolute Gasteiger partial charge is 0.342 e. The van der Waals surface area contributed by atoms with Crippen molar-refractivity contribution in [1.29, 1.82) is 0 Å². The van der Waals surface area contributed by atoms with Crippen molar-refractivity contribution in [3.8, 4) is 0 Å². The standard InChI is InChI=1S/C24H26ClN3S/c1-14-5-6-16(3)21(11-14)26-24(29)28(20-9-10-20)13-19-12-18-8-7-15(2)17(4)22(18)27-23(19)25/h5-8,11-12,20H,9-10,13H2,1-4H3,(H,26,29). The predicted molar refractivity (Wildman–Crippen MR) is 127 cm³/mol. The normalized spacial score (nSPS) is 13.6. The molecule has 1 aromatic heterocycles. The summed E-state index contributed by atoms with van der Waals surface area (Å²) in [4.78, 5) is 6.97. The molecule has 0 spiro atoms. The van der Waals surface area contributed by atoms with E-state index in [0.29, 0.717) is 17.7 Å². The average Bonchev–Trinajstić information content (AvgIpc) is 3.51. The first-order valence-electron chi connectivity index (χ1n) is 10.0. The lowest BCUT2D eigenvalue weighted by Crippen LogP contribution is -2.36. The van der Waals surface area contributed by atoms with Crippen LogP contribution >= 0.6 is 23.8 Å². The second-order valence-electron chi connectivity index (χ2n) is 8.13. The molecule has 1 saturated carbocycles. The molecule has 1 heterocycles. The first-order valence-corrected chi connectivity index (χ1v) is 10.8. The second-order valence-corrected chi connectivity index (χ2v) is 8.87. The number of hydrogen-bond donors (Lipinski definition) is 1. The van der Waals surface area contributed by atoms with Crippen LogP contribution in [-0.2, 0) is 6.54 Å². The summed E-state index contributed by atoms with van der Waals surface area (Å²) in [6.07, 6.45) is 2.32. The van der Waals surface area contributed by atoms with Gasteiger partial charge in [0.15, 0.2) is 5.11 Å². The lowest BCUT2D eigenvalue weighted by Gasteiger charge is -2.27. The molecule has 0 aliphatic heterocycles. The number of nitrogens with one attached hydrogen (secondary N) is 1. The first-order chi connectivity index (χ1) is 13.8. The van der Waals surface area contributed by atoms with Gasteiger partial charge in [0, 0.05) is 29.2 Å². The predicted octanol–water partition coefficient (Wildman–Crippen LogP) is 6.48. The Balaban J connectivity index is 1.62. The lowest BCUT2D eigenvalue weighted by atomic mass is 10.0. The molecule has 1 aliphatic carbocycles. The number of hydrogen-bond acceptors (Lipinski definition) is 2. The molecule has 1 N–H and O–H groups in total. The minimum absolute atomic E-state index is 0.464. The van der Waals surface area contributed by atoms with Gasteiger partial charge in [-0.1, -0.05) is 35.9 Å². The van der Waals surface area contributed by atoms with Crippen molar-refractivity contribution in [2.45, 2.75) is 53.1 Å². The number of nitrogens with zero attached hydrogens (tertiary/aromatic N) is 2. The number of anilines is 1. The van der Waals surface area contributed by atoms with Gasteiger partial charge in [-0.2, -0.15) is 0 Å². The van der Waals surface area contributed by atoms with E-state index in [1.54, 1.807) is 0 Å². The highest BCUT2D eigenvalue weighted by Crippen LogP contribution is 2.32. The first kappa shape index (κ1) is 20.1. The molecule has 29 heavy (non-hydrogen) atoms. The van der Waals surface area contributed by atoms with Crippen molar-refractivity contribution in [1.82, 2.24) is 9.88 Å². The Bertz CT molecular complexity index is 1100. The van der Waals surface area contributed by atoms with Crippen LogP contribution in [0.4, 0.5) is 5.69 Å². The Morgan fingerprint density at radius 3 is 2.55 bits per heavy atom. The van der Waals surface area contributed by atoms with Gasteiger partial charge in [0.2, 0.25) is 0 Å². The summed E-state index contributed by atoms with van der Waals surface area (Å²) in [6, 6.07) is 13.3. The summed E-state index contributed by atoms with van der Waals surface area (Å²) in [7, 11) is 0. The minimum Gasteiger partial charge on any atom is -0.342 e. The van der Waals surface area contributed by atoms with Gasteiger partial charge in [-0.25, -0.2) is 4.98 Å². The molecule has 3 nitrogen and oxygen atoms in total. The van der Waals surface area contributed by atoms with E-state index in [-0.39, 0.29) is 0 Å². The van der Waals surface area contributed by atoms with Crippen LogP contribution in [0.15, 0.2) is 36.4 Å². The van der Waals surface area contributed by atoms with Gasteiger partial charge in [0.25, 0.3) is 0 Å². The molecule has 150 valence electrons. The van der Waals surface area contributed by atoms with Crippen LogP contribution in [0.1, 0.15) is 40.7 Å². The highest BCUT2D eigenvalue weighted by molar-refractivity contribution is 7.80. The van der Waals surface area contributed by atoms with E-state index in [4.69, 9.17) is 28.8 Å². The fourth-order valence-electron chi connectivity index (χ4n) is 3.61. The van der Waals surface area contributed by atoms with Crippen LogP contribution in [0.3, 0.4) is 0 Å². The van der Waals surface area contributed by atoms with Crippen molar-refractivity contribution in [2.75, 3.05) is 5.32 Å². The van der Waals surface area contributed by atoms with Gasteiger partial charge in [-0.3, -0.25) is 0 Å². The maximum atomic E-state index is 6.61. The monoisotopic (exact) mass is 423 g/mol. The van der Waals surface area contributed by atoms with Gasteiger partial charge < -0.3 is 10.2 Å². The number of aromatic nitrogens is 1. The molecular weight excluding hydrogens is 398 g/mol. The molecule has 0 amide bonds. The molecule has 4 rings (SSSR count). The van der Waals surface area contributed by atoms with E-state index in [2.05, 4.69) is 74.3 Å². The quantitative estimate of drug-likeness (QED) is 0.383. The summed E-state index contributed by atoms with van der Waals surface area (Å²) < 4.78 is 0. The summed E-state index contributed by atoms with van der Waals surface area (Å²) in [5.41, 5.74) is 7.87. The van der Waals surface area contributed by atoms with Crippen molar-refractivity contribution in [2.24, 2.45) is 0 Å². The van der Waals surface area contributed by atoms with Crippen molar-refractivity contribution < 1.29 is 0 Å². The zero-order chi connectivity index (χ0) is 20.7. The molecule has 2 aromatic carbocycles. The number of fused-ring (bicyclic) bond motifs is 1. The summed E-state index contributed by atoms with van der Waals surface area (Å²) in [5.74, 6) is 0. The van der Waals surface area contributed by atoms with Crippen molar-refractivity contribution >= 4 is 45.5 Å². The summed E-state index contributed by atoms with van der Waals surface area (Å²) in [5, 5.41) is 5.89. The number of pyridine rings is 1. The molecule has 0 atom stereocenters. The molecule has 0 bridgehead atoms. The average molecular weight is 424 g/mol. The molecule has 0 radical (unpaired) electrons. The number of thiocarbonyl (C=S) groups is 1. The number of benzene rings is 2. The van der Waals surface area contributed by atoms with Crippen LogP contribution in [0.5, 0.6) is 0 Å². The van der Waals surface area contributed by atoms with Crippen molar-refractivity contribution in [3.05, 3.63) is 69.4 Å². The molecule has 1 aliphatic rings. The molecule has 1 fully saturated rings. The zero-order valence-corrected chi connectivity index (χ0v) is 18.9. The van der Waals surface area contributed by atoms with Gasteiger partial charge in [0.05, 0.1) is 5.52 Å². The third-order valence-electron chi connectivity index (χ3n) is 5.76. The Kier molecular flexibility index (Phi) is 5.50. The Morgan fingerprint density at radius 1 is 1.10 bits per heavy atom. The molecular formula is C24H26ClN3S. The van der Waals surface area contributed by atoms with Crippen LogP contribution in [0, 0.1) is 27.7 Å². The summed E-state index contributed by atoms with van der Waals surface area (Å²) in [6.45, 7) is 9.05. The third-order valence-corrected chi connectivity index (χ3v) is 6.43. The Morgan fingerprint density at radius 2 is 1.83 bits per heavy atom. The van der Waals surface area contributed by atoms with Gasteiger partial charge in [-0.15, -0.1) is 0 Å². The fraction of sp³-hybridized carbons (Fsp3) is 0.333. The second kappa shape index (κ2) is 7.92. The minimum atomic E-state index is 0.464. The van der Waals surface area contributed by atoms with E-state index < -0.39 is 0 Å². The van der Waals surface area contributed by atoms with Gasteiger partial charge in [-0.05, 0) is 87.1 Å². The maximum Gasteiger partial charge on any atom is 0.173 e. The number of halogens is 1. The zero-order valence-electron chi connectivity index (χ0n) is 17.3. The number of rotatable bonds is 4. The highest BCUT2D eigenvalue weighted by atomic mass is 35.5. The Hall–Kier alpha value is -2.17. The molecule has 3 aromatic rings. The van der Waals surface area contributed by atoms with E-state index in [9.17, 15) is 0 Å². The molecule has 5 heteroatoms. The Labute approximate surface area is 183 Å². The van der Waals surface area contributed by atoms with E-state index in [1.807, 2.05) is 0 Å². The van der Waals surface area contributed by atoms with Gasteiger partial charge >= 0.3 is 0 Å². The van der Waals surface area contributed by atoms with E-state index in [0.717, 1.165) is 40.1 Å². The SMILES string of the molecule is Cc1ccc(C)c(NC(=S)N(Cc2cc3ccc(C)c(C)c3nc2Cl)C2CC2)c1. The third kappa shape index (κ3) is 4.24. The van der Waals surface area contributed by atoms with Crippen LogP contribution in [0.25, 0.3) is 10.9 Å². The highest BCUT2D eigenvalue weighted by Gasteiger charge is 2.31. The van der Waals surface area contributed by atoms with Crippen LogP contribution in [0.2, 0.25) is 5.15 Å². The smallest absolute Gasteiger partial charge is 0.173 e. The topological polar surface area (TPSA) is 28.2 Å². The van der Waals surface area contributed by atoms with E-state index >= 15 is 0 Å². The van der Waals surface area contributed by atoms with E-state index in [1.165, 1.54) is 22.3 Å². The fourth-order valence-corrected chi connectivity index (χ4v) is 4.13. The summed E-state index contributed by atoms with van der Waals surface area (Å²) >= 11 is 12.4. The molecule has 0 saturated heterocycles.